The second-order valence-corrected chi connectivity index (χ2v) is 11.0. The summed E-state index contributed by atoms with van der Waals surface area (Å²) in [5.41, 5.74) is 7.15. The summed E-state index contributed by atoms with van der Waals surface area (Å²) in [6, 6.07) is 1.29. The normalized spacial score (nSPS) is 26.0. The van der Waals surface area contributed by atoms with Gasteiger partial charge in [-0.15, -0.1) is 6.58 Å². The molecule has 0 radical (unpaired) electrons. The van der Waals surface area contributed by atoms with Crippen LogP contribution < -0.4 is 16.4 Å². The number of nitrogens with one attached hydrogen (secondary N) is 2. The first-order chi connectivity index (χ1) is 20.3. The third-order valence-electron chi connectivity index (χ3n) is 7.53. The highest BCUT2D eigenvalue weighted by Crippen LogP contribution is 2.42. The van der Waals surface area contributed by atoms with Crippen LogP contribution >= 0.6 is 0 Å². The Morgan fingerprint density at radius 1 is 1.21 bits per heavy atom. The maximum absolute atomic E-state index is 13.0. The van der Waals surface area contributed by atoms with Crippen molar-refractivity contribution >= 4 is 23.4 Å². The fraction of sp³-hybridized carbons (Fsp3) is 0.500. The van der Waals surface area contributed by atoms with E-state index < -0.39 is 36.4 Å². The number of aliphatic hydroxyl groups excluding tert-OH is 1. The molecule has 0 aliphatic carbocycles. The summed E-state index contributed by atoms with van der Waals surface area (Å²) >= 11 is 0. The second-order valence-electron chi connectivity index (χ2n) is 11.0. The van der Waals surface area contributed by atoms with E-state index in [1.165, 1.54) is 20.3 Å². The lowest BCUT2D eigenvalue weighted by Crippen LogP contribution is -2.35. The number of aliphatic hydroxyl groups is 1. The van der Waals surface area contributed by atoms with E-state index in [9.17, 15) is 24.9 Å². The number of primary amides is 1. The number of anilines is 2. The van der Waals surface area contributed by atoms with Crippen LogP contribution in [0.5, 0.6) is 11.5 Å². The van der Waals surface area contributed by atoms with Gasteiger partial charge in [-0.05, 0) is 38.2 Å². The summed E-state index contributed by atoms with van der Waals surface area (Å²) in [6.07, 6.45) is 5.67. The Kier molecular flexibility index (Phi) is 13.8. The van der Waals surface area contributed by atoms with E-state index in [1.54, 1.807) is 38.2 Å². The fourth-order valence-electron chi connectivity index (χ4n) is 5.09. The number of methoxy groups -OCH3 is 2. The van der Waals surface area contributed by atoms with Gasteiger partial charge < -0.3 is 45.9 Å². The molecule has 2 rings (SSSR count). The Bertz CT molecular complexity index is 1230. The van der Waals surface area contributed by atoms with Crippen LogP contribution in [0.1, 0.15) is 46.1 Å². The van der Waals surface area contributed by atoms with Crippen molar-refractivity contribution in [3.63, 3.8) is 0 Å². The number of phenolic OH excluding ortho intramolecular Hbond substituents is 2. The topological polar surface area (TPSA) is 173 Å². The molecule has 7 N–H and O–H groups in total. The Labute approximate surface area is 254 Å². The first-order valence-corrected chi connectivity index (χ1v) is 14.3. The maximum Gasteiger partial charge on any atom is 0.405 e. The number of carbonyl (C=O) groups is 2. The standard InChI is InChI=1S/C32H47N3O8/c1-8-12-34-28-23-13-18(2)14-27(42-7)29(37)21(5)15-20(4)26(43-32(33)40)16-22(41-6)11-9-10-19(3)31(39)35-24(30(23)38)17-25(28)36/h8-11,15,17-18,21-22,26-27,29,34,36-38H,1,12-14,16H2,2-7H3,(H2,33,40)(H,35,39)/t18-,21+,22+,26-,27+,29-/m1/s1. The molecule has 0 fully saturated rings. The molecule has 11 nitrogen and oxygen atoms in total. The van der Waals surface area contributed by atoms with E-state index >= 15 is 0 Å². The van der Waals surface area contributed by atoms with Crippen molar-refractivity contribution in [2.75, 3.05) is 31.4 Å². The van der Waals surface area contributed by atoms with Crippen LogP contribution in [0.2, 0.25) is 0 Å². The molecular formula is C32H47N3O8. The predicted octanol–water partition coefficient (Wildman–Crippen LogP) is 4.55. The zero-order valence-electron chi connectivity index (χ0n) is 25.9. The van der Waals surface area contributed by atoms with Crippen molar-refractivity contribution in [3.8, 4) is 11.5 Å². The molecule has 238 valence electrons. The summed E-state index contributed by atoms with van der Waals surface area (Å²) in [7, 11) is 3.03. The van der Waals surface area contributed by atoms with E-state index in [1.807, 2.05) is 19.9 Å². The monoisotopic (exact) mass is 601 g/mol. The highest BCUT2D eigenvalue weighted by atomic mass is 16.6. The average Bonchev–Trinajstić information content (AvgIpc) is 2.95. The molecule has 1 aliphatic rings. The number of ether oxygens (including phenoxy) is 3. The Hall–Kier alpha value is -3.80. The van der Waals surface area contributed by atoms with Crippen LogP contribution in [0, 0.1) is 11.8 Å². The molecule has 1 aromatic rings. The zero-order valence-corrected chi connectivity index (χ0v) is 25.9. The summed E-state index contributed by atoms with van der Waals surface area (Å²) in [6.45, 7) is 11.2. The van der Waals surface area contributed by atoms with E-state index in [0.29, 0.717) is 41.8 Å². The van der Waals surface area contributed by atoms with Crippen molar-refractivity contribution in [2.24, 2.45) is 17.6 Å². The molecule has 1 aromatic carbocycles. The largest absolute Gasteiger partial charge is 0.506 e. The molecule has 0 saturated heterocycles. The second kappa shape index (κ2) is 16.7. The van der Waals surface area contributed by atoms with Crippen LogP contribution in [0.25, 0.3) is 0 Å². The summed E-state index contributed by atoms with van der Waals surface area (Å²) in [5.74, 6) is -1.33. The number of nitrogens with two attached hydrogens (primary N) is 1. The molecule has 0 unspecified atom stereocenters. The Balaban J connectivity index is 2.63. The lowest BCUT2D eigenvalue weighted by atomic mass is 9.87. The molecule has 0 aromatic heterocycles. The van der Waals surface area contributed by atoms with Crippen LogP contribution in [0.15, 0.2) is 54.2 Å². The zero-order chi connectivity index (χ0) is 32.3. The Morgan fingerprint density at radius 3 is 2.51 bits per heavy atom. The van der Waals surface area contributed by atoms with Gasteiger partial charge in [0.1, 0.15) is 17.6 Å². The molecule has 1 aliphatic heterocycles. The molecule has 0 spiro atoms. The SMILES string of the molecule is C=CCNc1c(O)cc2c(O)c1C[C@@H](C)C[C@H](OC)[C@H](O)[C@@H](C)C=C(C)[C@H](OC(N)=O)C[C@@H](OC)C=CC=C(C)C(=O)N2. The van der Waals surface area contributed by atoms with Gasteiger partial charge in [0.15, 0.2) is 0 Å². The third-order valence-corrected chi connectivity index (χ3v) is 7.53. The predicted molar refractivity (Wildman–Crippen MR) is 167 cm³/mol. The molecule has 0 saturated carbocycles. The van der Waals surface area contributed by atoms with Gasteiger partial charge in [0.05, 0.1) is 29.7 Å². The third kappa shape index (κ3) is 10.2. The number of amides is 2. The van der Waals surface area contributed by atoms with E-state index in [4.69, 9.17) is 19.9 Å². The molecule has 6 atom stereocenters. The summed E-state index contributed by atoms with van der Waals surface area (Å²) in [4.78, 5) is 24.7. The van der Waals surface area contributed by atoms with Gasteiger partial charge in [-0.25, -0.2) is 4.79 Å². The van der Waals surface area contributed by atoms with Crippen molar-refractivity contribution in [1.82, 2.24) is 0 Å². The van der Waals surface area contributed by atoms with Crippen LogP contribution in [-0.2, 0) is 25.4 Å². The van der Waals surface area contributed by atoms with Crippen LogP contribution in [0.3, 0.4) is 0 Å². The first kappa shape index (κ1) is 35.4. The van der Waals surface area contributed by atoms with E-state index in [0.717, 1.165) is 0 Å². The van der Waals surface area contributed by atoms with Crippen molar-refractivity contribution in [2.45, 2.75) is 71.4 Å². The van der Waals surface area contributed by atoms with E-state index in [-0.39, 0.29) is 35.4 Å². The van der Waals surface area contributed by atoms with Crippen LogP contribution in [-0.4, -0.2) is 72.5 Å². The van der Waals surface area contributed by atoms with Gasteiger partial charge in [-0.3, -0.25) is 4.79 Å². The van der Waals surface area contributed by atoms with E-state index in [2.05, 4.69) is 17.2 Å². The molecule has 2 bridgehead atoms. The van der Waals surface area contributed by atoms with Crippen molar-refractivity contribution in [3.05, 3.63) is 59.7 Å². The summed E-state index contributed by atoms with van der Waals surface area (Å²) in [5, 5.41) is 39.1. The highest BCUT2D eigenvalue weighted by Gasteiger charge is 2.29. The van der Waals surface area contributed by atoms with Gasteiger partial charge in [-0.1, -0.05) is 44.2 Å². The molecule has 11 heteroatoms. The number of aromatic hydroxyl groups is 2. The van der Waals surface area contributed by atoms with Gasteiger partial charge in [0.2, 0.25) is 0 Å². The fourth-order valence-corrected chi connectivity index (χ4v) is 5.09. The van der Waals surface area contributed by atoms with Crippen molar-refractivity contribution < 1.29 is 39.1 Å². The number of fused-ring (bicyclic) bond motifs is 2. The lowest BCUT2D eigenvalue weighted by molar-refractivity contribution is -0.112. The number of hydrogen-bond donors (Lipinski definition) is 6. The number of rotatable bonds is 6. The first-order valence-electron chi connectivity index (χ1n) is 14.3. The number of carbonyl (C=O) groups excluding carboxylic acids is 2. The minimum absolute atomic E-state index is 0.0544. The highest BCUT2D eigenvalue weighted by molar-refractivity contribution is 6.04. The van der Waals surface area contributed by atoms with Gasteiger partial charge in [-0.2, -0.15) is 0 Å². The summed E-state index contributed by atoms with van der Waals surface area (Å²) < 4.78 is 16.6. The molecular weight excluding hydrogens is 554 g/mol. The van der Waals surface area contributed by atoms with Gasteiger partial charge in [0.25, 0.3) is 5.91 Å². The average molecular weight is 602 g/mol. The smallest absolute Gasteiger partial charge is 0.405 e. The molecule has 2 amide bonds. The van der Waals surface area contributed by atoms with Gasteiger partial charge >= 0.3 is 6.09 Å². The minimum Gasteiger partial charge on any atom is -0.506 e. The number of allylic oxidation sites excluding steroid dienone is 2. The molecule has 1 heterocycles. The number of benzene rings is 1. The maximum atomic E-state index is 13.0. The van der Waals surface area contributed by atoms with Crippen LogP contribution in [0.4, 0.5) is 16.2 Å². The van der Waals surface area contributed by atoms with Crippen molar-refractivity contribution in [1.29, 1.82) is 0 Å². The van der Waals surface area contributed by atoms with Gasteiger partial charge in [0, 0.05) is 50.3 Å². The quantitative estimate of drug-likeness (QED) is 0.155. The number of phenols is 2. The molecule has 43 heavy (non-hydrogen) atoms. The Morgan fingerprint density at radius 2 is 1.91 bits per heavy atom. The number of hydrogen-bond acceptors (Lipinski definition) is 9. The lowest BCUT2D eigenvalue weighted by Gasteiger charge is -2.29. The minimum atomic E-state index is -0.935.